The van der Waals surface area contributed by atoms with Crippen LogP contribution in [0.5, 0.6) is 161 Å². The van der Waals surface area contributed by atoms with E-state index in [1.165, 1.54) is 0 Å². The van der Waals surface area contributed by atoms with Crippen LogP contribution in [0.3, 0.4) is 0 Å². The van der Waals surface area contributed by atoms with Gasteiger partial charge in [0.25, 0.3) is 0 Å². The zero-order valence-corrected chi connectivity index (χ0v) is 60.3. The van der Waals surface area contributed by atoms with Crippen LogP contribution in [0.4, 0.5) is 0 Å². The van der Waals surface area contributed by atoms with E-state index in [1.807, 2.05) is 0 Å². The highest BCUT2D eigenvalue weighted by molar-refractivity contribution is 6.10. The first-order valence-corrected chi connectivity index (χ1v) is 34.1. The number of aliphatic hydroxyl groups is 1. The van der Waals surface area contributed by atoms with Gasteiger partial charge in [-0.3, -0.25) is 0 Å². The van der Waals surface area contributed by atoms with Crippen molar-refractivity contribution in [2.24, 2.45) is 0 Å². The van der Waals surface area contributed by atoms with Crippen molar-refractivity contribution >= 4 is 53.7 Å². The molecule has 10 atom stereocenters. The third kappa shape index (κ3) is 14.8. The lowest BCUT2D eigenvalue weighted by Gasteiger charge is -2.43. The summed E-state index contributed by atoms with van der Waals surface area (Å²) in [6.07, 6.45) is -27.3. The molecule has 48 nitrogen and oxygen atoms in total. The van der Waals surface area contributed by atoms with Crippen LogP contribution < -0.4 is 4.74 Å². The molecular formula is C75H54O48. The number of benzene rings is 9. The second kappa shape index (κ2) is 31.3. The molecular weight excluding hydrogens is 1670 g/mol. The topological polar surface area (TPSA) is 811 Å². The minimum absolute atomic E-state index is 0.108. The fourth-order valence-corrected chi connectivity index (χ4v) is 12.9. The first-order valence-electron chi connectivity index (χ1n) is 34.1. The number of carbonyl (C=O) groups excluding carboxylic acids is 9. The minimum Gasteiger partial charge on any atom is -0.504 e. The van der Waals surface area contributed by atoms with Gasteiger partial charge in [0, 0.05) is 34.4 Å². The third-order valence-electron chi connectivity index (χ3n) is 18.9. The predicted molar refractivity (Wildman–Crippen MR) is 380 cm³/mol. The van der Waals surface area contributed by atoms with E-state index in [1.54, 1.807) is 0 Å². The minimum atomic E-state index is -3.09. The van der Waals surface area contributed by atoms with Gasteiger partial charge in [-0.1, -0.05) is 0 Å². The molecule has 4 aliphatic heterocycles. The number of cyclic esters (lactones) is 2. The smallest absolute Gasteiger partial charge is 0.344 e. The molecule has 48 heteroatoms. The Labute approximate surface area is 676 Å². The lowest BCUT2D eigenvalue weighted by molar-refractivity contribution is -0.284. The van der Waals surface area contributed by atoms with E-state index in [0.29, 0.717) is 54.6 Å². The maximum atomic E-state index is 15.4. The Hall–Kier alpha value is -17.3. The first kappa shape index (κ1) is 83.6. The SMILES string of the molecule is O=C(O[C@@H]1[C@@H](OC(=O)c2cc(O)c(O)c(O)c2)[C@H](O)O[C@H]2COC(=O)c3cc(Oc4c(C(=O)O[C@@H]5O[C@H]6COC(=O)c7cc(O)c(O)c(O)c7-c7c(cc(O)c(O)c7O)C(=O)O[C@@H]6[C@@H](OC(=O)c6cc(O)c(O)c(O)c6)[C@H]5OC(=O)c5cc(O)c(O)c(O)c5)cc(O)c(O)c4O)c(O)c(O)c3-c3c(cc(O)c(O)c3O)C(=O)O[C@H]12)c1cc(O)c(O)c(O)c1. The lowest BCUT2D eigenvalue weighted by Crippen LogP contribution is -2.63. The summed E-state index contributed by atoms with van der Waals surface area (Å²) in [6, 6.07) is 4.60. The summed E-state index contributed by atoms with van der Waals surface area (Å²) >= 11 is 0. The molecule has 0 bridgehead atoms. The quantitative estimate of drug-likeness (QED) is 0.0475. The van der Waals surface area contributed by atoms with Gasteiger partial charge in [0.05, 0.1) is 44.5 Å². The van der Waals surface area contributed by atoms with E-state index in [4.69, 9.17) is 56.8 Å². The number of ether oxygens (including phenoxy) is 12. The number of aromatic hydroxyl groups is 26. The Morgan fingerprint density at radius 2 is 0.569 bits per heavy atom. The summed E-state index contributed by atoms with van der Waals surface area (Å²) in [7, 11) is 0. The van der Waals surface area contributed by atoms with Gasteiger partial charge in [-0.25, -0.2) is 43.2 Å². The predicted octanol–water partition coefficient (Wildman–Crippen LogP) is 2.75. The first-order chi connectivity index (χ1) is 57.9. The van der Waals surface area contributed by atoms with Gasteiger partial charge < -0.3 is 195 Å². The summed E-state index contributed by atoms with van der Waals surface area (Å²) in [5.41, 5.74) is -16.0. The molecule has 2 fully saturated rings. The van der Waals surface area contributed by atoms with Crippen molar-refractivity contribution in [1.82, 2.24) is 0 Å². The van der Waals surface area contributed by atoms with Crippen LogP contribution in [0.2, 0.25) is 0 Å². The van der Waals surface area contributed by atoms with Gasteiger partial charge in [0.15, 0.2) is 163 Å². The molecule has 27 N–H and O–H groups in total. The third-order valence-corrected chi connectivity index (χ3v) is 18.9. The normalized spacial score (nSPS) is 19.8. The molecule has 0 aromatic heterocycles. The summed E-state index contributed by atoms with van der Waals surface area (Å²) in [4.78, 5) is 132. The van der Waals surface area contributed by atoms with Gasteiger partial charge in [-0.2, -0.15) is 0 Å². The summed E-state index contributed by atoms with van der Waals surface area (Å²) in [6.45, 7) is -3.07. The summed E-state index contributed by atoms with van der Waals surface area (Å²) in [5.74, 6) is -58.4. The number of phenols is 26. The van der Waals surface area contributed by atoms with Gasteiger partial charge in [0.1, 0.15) is 31.0 Å². The van der Waals surface area contributed by atoms with Crippen LogP contribution in [0, 0.1) is 0 Å². The second-order valence-corrected chi connectivity index (χ2v) is 26.5. The number of aliphatic hydroxyl groups excluding tert-OH is 1. The lowest BCUT2D eigenvalue weighted by atomic mass is 9.91. The van der Waals surface area contributed by atoms with Gasteiger partial charge in [-0.15, -0.1) is 0 Å². The van der Waals surface area contributed by atoms with Crippen molar-refractivity contribution in [2.45, 2.75) is 61.4 Å². The maximum absolute atomic E-state index is 15.4. The zero-order valence-electron chi connectivity index (χ0n) is 60.3. The van der Waals surface area contributed by atoms with E-state index in [-0.39, 0.29) is 24.3 Å². The van der Waals surface area contributed by atoms with Crippen LogP contribution in [0.15, 0.2) is 78.9 Å². The number of carbonyl (C=O) groups is 9. The Morgan fingerprint density at radius 3 is 0.935 bits per heavy atom. The van der Waals surface area contributed by atoms with Crippen molar-refractivity contribution in [3.05, 3.63) is 129 Å². The molecule has 0 unspecified atom stereocenters. The summed E-state index contributed by atoms with van der Waals surface area (Å²) < 4.78 is 67.7. The Kier molecular flexibility index (Phi) is 21.3. The van der Waals surface area contributed by atoms with Crippen molar-refractivity contribution in [2.75, 3.05) is 13.2 Å². The van der Waals surface area contributed by atoms with Gasteiger partial charge in [-0.05, 0) is 66.7 Å². The highest BCUT2D eigenvalue weighted by atomic mass is 16.8. The number of fused-ring (bicyclic) bond motifs is 8. The van der Waals surface area contributed by atoms with Gasteiger partial charge in [0.2, 0.25) is 46.9 Å². The fraction of sp³-hybridized carbons (Fsp3) is 0.160. The summed E-state index contributed by atoms with van der Waals surface area (Å²) in [5, 5.41) is 293. The Bertz CT molecular complexity index is 5970. The van der Waals surface area contributed by atoms with E-state index in [0.717, 1.165) is 0 Å². The van der Waals surface area contributed by atoms with Crippen molar-refractivity contribution in [3.63, 3.8) is 0 Å². The van der Waals surface area contributed by atoms with Crippen LogP contribution >= 0.6 is 0 Å². The number of esters is 9. The Morgan fingerprint density at radius 1 is 0.285 bits per heavy atom. The highest BCUT2D eigenvalue weighted by Crippen LogP contribution is 2.58. The van der Waals surface area contributed by atoms with Crippen molar-refractivity contribution in [1.29, 1.82) is 0 Å². The molecule has 13 rings (SSSR count). The standard InChI is InChI=1S/C75H54O48/c76-25-1-16(2-26(77)44(25)88)65(102)119-61-59-38(115-74(111)63(61)121-67(104)18-5-29(80)46(90)30(81)6-18)14-112-70(107)23-13-37(52(96)56(100)43(23)42-22(71(108)117-59)11-35(86)50(94)55(42)99)114-58-24(12-36(87)51(95)57(58)101)73(110)123-75-64(122-68(105)19-7-31(82)47(91)32(83)8-19)62(120-66(103)17-3-27(78)45(89)28(79)4-17)60-39(116-75)15-113-69(106)20-9-33(84)48(92)53(97)40(20)41-21(72(109)118-60)10-34(85)49(93)54(41)98/h1-13,38-39,59-64,74-101,111H,14-15H2/t38-,39-,59-,60-,61-,62+,63+,64+,74+,75-/m0/s1. The molecule has 9 aromatic rings. The average molecular weight is 1720 g/mol. The van der Waals surface area contributed by atoms with Crippen LogP contribution in [-0.4, -0.2) is 266 Å². The molecule has 0 radical (unpaired) electrons. The van der Waals surface area contributed by atoms with E-state index in [2.05, 4.69) is 0 Å². The molecule has 4 heterocycles. The molecule has 0 spiro atoms. The average Bonchev–Trinajstić information content (AvgIpc) is 1.73. The maximum Gasteiger partial charge on any atom is 0.344 e. The number of rotatable bonds is 12. The molecule has 0 saturated carbocycles. The van der Waals surface area contributed by atoms with E-state index >= 15 is 4.79 Å². The molecule has 0 amide bonds. The van der Waals surface area contributed by atoms with Crippen molar-refractivity contribution < 1.29 is 238 Å². The van der Waals surface area contributed by atoms with Crippen molar-refractivity contribution in [3.8, 4) is 183 Å². The van der Waals surface area contributed by atoms with Crippen LogP contribution in [-0.2, 0) is 52.1 Å². The van der Waals surface area contributed by atoms with Gasteiger partial charge >= 0.3 is 53.7 Å². The zero-order chi connectivity index (χ0) is 89.7. The largest absolute Gasteiger partial charge is 0.504 e. The molecule has 642 valence electrons. The molecule has 0 aliphatic carbocycles. The fourth-order valence-electron chi connectivity index (χ4n) is 12.9. The number of hydrogen-bond acceptors (Lipinski definition) is 48. The van der Waals surface area contributed by atoms with E-state index < -0.39 is 362 Å². The molecule has 123 heavy (non-hydrogen) atoms. The monoisotopic (exact) mass is 1720 g/mol. The Balaban J connectivity index is 0.927. The van der Waals surface area contributed by atoms with Crippen LogP contribution in [0.1, 0.15) is 93.2 Å². The number of phenolic OH excluding ortho intramolecular Hbond substituents is 26. The van der Waals surface area contributed by atoms with Crippen LogP contribution in [0.25, 0.3) is 22.3 Å². The molecule has 2 saturated heterocycles. The number of hydrogen-bond donors (Lipinski definition) is 27. The van der Waals surface area contributed by atoms with E-state index in [9.17, 15) is 176 Å². The molecule has 4 aliphatic rings. The molecule has 9 aromatic carbocycles. The highest BCUT2D eigenvalue weighted by Gasteiger charge is 2.57. The second-order valence-electron chi connectivity index (χ2n) is 26.5.